The first-order valence-electron chi connectivity index (χ1n) is 6.89. The number of sulfonamides is 1. The largest absolute Gasteiger partial charge is 0.377 e. The van der Waals surface area contributed by atoms with Gasteiger partial charge in [-0.3, -0.25) is 0 Å². The molecule has 2 aliphatic rings. The van der Waals surface area contributed by atoms with Crippen molar-refractivity contribution in [1.82, 2.24) is 4.31 Å². The Morgan fingerprint density at radius 2 is 1.58 bits per heavy atom. The van der Waals surface area contributed by atoms with E-state index in [1.807, 2.05) is 0 Å². The molecule has 2 unspecified atom stereocenters. The van der Waals surface area contributed by atoms with Crippen molar-refractivity contribution in [2.45, 2.75) is 37.9 Å². The van der Waals surface area contributed by atoms with Crippen LogP contribution in [0.2, 0.25) is 0 Å². The fourth-order valence-electron chi connectivity index (χ4n) is 2.56. The van der Waals surface area contributed by atoms with Crippen LogP contribution in [0.4, 0.5) is 0 Å². The maximum Gasteiger partial charge on any atom is 0.215 e. The highest BCUT2D eigenvalue weighted by Crippen LogP contribution is 2.19. The van der Waals surface area contributed by atoms with E-state index in [0.29, 0.717) is 13.1 Å². The smallest absolute Gasteiger partial charge is 0.215 e. The molecule has 2 fully saturated rings. The number of hydrogen-bond acceptors (Lipinski definition) is 4. The molecule has 0 amide bonds. The Morgan fingerprint density at radius 3 is 1.95 bits per heavy atom. The molecule has 0 saturated carbocycles. The third kappa shape index (κ3) is 4.56. The number of nitrogens with zero attached hydrogens (tertiary/aromatic N) is 1. The van der Waals surface area contributed by atoms with Gasteiger partial charge in [0.05, 0.1) is 18.0 Å². The summed E-state index contributed by atoms with van der Waals surface area (Å²) in [5.41, 5.74) is 0. The van der Waals surface area contributed by atoms with Crippen LogP contribution in [-0.2, 0) is 19.5 Å². The Morgan fingerprint density at radius 1 is 1.05 bits per heavy atom. The lowest BCUT2D eigenvalue weighted by atomic mass is 10.2. The topological polar surface area (TPSA) is 55.8 Å². The van der Waals surface area contributed by atoms with Gasteiger partial charge in [-0.25, -0.2) is 8.42 Å². The maximum absolute atomic E-state index is 12.2. The first-order chi connectivity index (χ1) is 9.12. The molecular formula is C12H22ClNO4S. The number of alkyl halides is 1. The summed E-state index contributed by atoms with van der Waals surface area (Å²) in [6.07, 6.45) is 3.91. The van der Waals surface area contributed by atoms with Crippen molar-refractivity contribution in [3.63, 3.8) is 0 Å². The van der Waals surface area contributed by atoms with Gasteiger partial charge in [0.15, 0.2) is 0 Å². The van der Waals surface area contributed by atoms with Crippen molar-refractivity contribution < 1.29 is 17.9 Å². The van der Waals surface area contributed by atoms with Gasteiger partial charge in [-0.15, -0.1) is 11.6 Å². The highest BCUT2D eigenvalue weighted by Gasteiger charge is 2.30. The normalized spacial score (nSPS) is 28.3. The number of rotatable bonds is 7. The average molecular weight is 312 g/mol. The zero-order valence-corrected chi connectivity index (χ0v) is 12.7. The van der Waals surface area contributed by atoms with Gasteiger partial charge in [-0.05, 0) is 25.7 Å². The van der Waals surface area contributed by atoms with E-state index in [-0.39, 0.29) is 23.8 Å². The number of hydrogen-bond donors (Lipinski definition) is 0. The Hall–Kier alpha value is 0.120. The third-order valence-corrected chi connectivity index (χ3v) is 5.81. The first kappa shape index (κ1) is 15.5. The highest BCUT2D eigenvalue weighted by atomic mass is 35.5. The van der Waals surface area contributed by atoms with Crippen LogP contribution >= 0.6 is 11.6 Å². The molecule has 0 N–H and O–H groups in total. The molecular weight excluding hydrogens is 290 g/mol. The zero-order chi connectivity index (χ0) is 13.7. The monoisotopic (exact) mass is 311 g/mol. The van der Waals surface area contributed by atoms with E-state index in [1.54, 1.807) is 0 Å². The van der Waals surface area contributed by atoms with Gasteiger partial charge in [0.2, 0.25) is 10.0 Å². The minimum Gasteiger partial charge on any atom is -0.377 e. The highest BCUT2D eigenvalue weighted by molar-refractivity contribution is 7.89. The van der Waals surface area contributed by atoms with E-state index in [9.17, 15) is 8.42 Å². The van der Waals surface area contributed by atoms with E-state index in [2.05, 4.69) is 0 Å². The van der Waals surface area contributed by atoms with E-state index < -0.39 is 10.0 Å². The van der Waals surface area contributed by atoms with Crippen molar-refractivity contribution in [2.24, 2.45) is 0 Å². The minimum atomic E-state index is -3.31. The molecule has 19 heavy (non-hydrogen) atoms. The minimum absolute atomic E-state index is 0.0198. The molecule has 112 valence electrons. The van der Waals surface area contributed by atoms with Gasteiger partial charge in [-0.2, -0.15) is 4.31 Å². The van der Waals surface area contributed by atoms with Crippen molar-refractivity contribution in [1.29, 1.82) is 0 Å². The van der Waals surface area contributed by atoms with E-state index in [0.717, 1.165) is 38.9 Å². The molecule has 0 bridgehead atoms. The van der Waals surface area contributed by atoms with E-state index in [4.69, 9.17) is 21.1 Å². The zero-order valence-electron chi connectivity index (χ0n) is 11.1. The van der Waals surface area contributed by atoms with E-state index in [1.165, 1.54) is 4.31 Å². The van der Waals surface area contributed by atoms with Crippen LogP contribution in [0.1, 0.15) is 25.7 Å². The SMILES string of the molecule is O=S(=O)(CCCl)N(CC1CCCO1)CC1CCCO1. The van der Waals surface area contributed by atoms with Crippen LogP contribution in [0.5, 0.6) is 0 Å². The third-order valence-electron chi connectivity index (χ3n) is 3.59. The van der Waals surface area contributed by atoms with Crippen molar-refractivity contribution in [3.8, 4) is 0 Å². The Balaban J connectivity index is 1.98. The summed E-state index contributed by atoms with van der Waals surface area (Å²) in [6.45, 7) is 2.32. The van der Waals surface area contributed by atoms with Crippen LogP contribution in [0.25, 0.3) is 0 Å². The standard InChI is InChI=1S/C12H22ClNO4S/c13-5-8-19(15,16)14(9-11-3-1-6-17-11)10-12-4-2-7-18-12/h11-12H,1-10H2. The molecule has 0 aromatic carbocycles. The summed E-state index contributed by atoms with van der Waals surface area (Å²) in [5.74, 6) is 0.101. The fraction of sp³-hybridized carbons (Fsp3) is 1.00. The molecule has 0 aliphatic carbocycles. The molecule has 2 saturated heterocycles. The second-order valence-corrected chi connectivity index (χ2v) is 7.56. The van der Waals surface area contributed by atoms with Crippen molar-refractivity contribution >= 4 is 21.6 Å². The second-order valence-electron chi connectivity index (χ2n) is 5.09. The Bertz CT molecular complexity index is 346. The summed E-state index contributed by atoms with van der Waals surface area (Å²) in [6, 6.07) is 0. The molecule has 0 aromatic rings. The van der Waals surface area contributed by atoms with Gasteiger partial charge in [0, 0.05) is 32.2 Å². The molecule has 7 heteroatoms. The molecule has 5 nitrogen and oxygen atoms in total. The van der Waals surface area contributed by atoms with Crippen LogP contribution in [-0.4, -0.2) is 62.9 Å². The van der Waals surface area contributed by atoms with Gasteiger partial charge in [-0.1, -0.05) is 0 Å². The van der Waals surface area contributed by atoms with Gasteiger partial charge < -0.3 is 9.47 Å². The Labute approximate surface area is 120 Å². The fourth-order valence-corrected chi connectivity index (χ4v) is 4.38. The summed E-state index contributed by atoms with van der Waals surface area (Å²) in [5, 5.41) is 0. The molecule has 2 heterocycles. The predicted octanol–water partition coefficient (Wildman–Crippen LogP) is 1.21. The molecule has 2 aliphatic heterocycles. The van der Waals surface area contributed by atoms with Crippen LogP contribution in [0.15, 0.2) is 0 Å². The van der Waals surface area contributed by atoms with Crippen LogP contribution < -0.4 is 0 Å². The quantitative estimate of drug-likeness (QED) is 0.663. The molecule has 0 spiro atoms. The lowest BCUT2D eigenvalue weighted by molar-refractivity contribution is 0.0649. The first-order valence-corrected chi connectivity index (χ1v) is 9.03. The summed E-state index contributed by atoms with van der Waals surface area (Å²) < 4.78 is 37.1. The molecule has 0 radical (unpaired) electrons. The lowest BCUT2D eigenvalue weighted by Gasteiger charge is -2.26. The van der Waals surface area contributed by atoms with Gasteiger partial charge in [0.1, 0.15) is 0 Å². The molecule has 2 rings (SSSR count). The summed E-state index contributed by atoms with van der Waals surface area (Å²) >= 11 is 5.60. The molecule has 2 atom stereocenters. The van der Waals surface area contributed by atoms with Gasteiger partial charge >= 0.3 is 0 Å². The van der Waals surface area contributed by atoms with Crippen LogP contribution in [0.3, 0.4) is 0 Å². The van der Waals surface area contributed by atoms with Crippen molar-refractivity contribution in [2.75, 3.05) is 37.9 Å². The van der Waals surface area contributed by atoms with Crippen molar-refractivity contribution in [3.05, 3.63) is 0 Å². The second kappa shape index (κ2) is 7.22. The molecule has 0 aromatic heterocycles. The Kier molecular flexibility index (Phi) is 5.89. The summed E-state index contributed by atoms with van der Waals surface area (Å²) in [7, 11) is -3.31. The summed E-state index contributed by atoms with van der Waals surface area (Å²) in [4.78, 5) is 0. The predicted molar refractivity (Wildman–Crippen MR) is 74.0 cm³/mol. The number of halogens is 1. The average Bonchev–Trinajstić information content (AvgIpc) is 3.00. The number of ether oxygens (including phenoxy) is 2. The van der Waals surface area contributed by atoms with Crippen LogP contribution in [0, 0.1) is 0 Å². The van der Waals surface area contributed by atoms with Gasteiger partial charge in [0.25, 0.3) is 0 Å². The maximum atomic E-state index is 12.2. The lowest BCUT2D eigenvalue weighted by Crippen LogP contribution is -2.43. The van der Waals surface area contributed by atoms with E-state index >= 15 is 0 Å².